The largest absolute Gasteiger partial charge is 0.444 e. The second-order valence-electron chi connectivity index (χ2n) is 9.33. The molecule has 0 N–H and O–H groups in total. The molecule has 0 radical (unpaired) electrons. The molecule has 0 aromatic heterocycles. The number of carbonyl (C=O) groups excluding carboxylic acids is 1. The highest BCUT2D eigenvalue weighted by molar-refractivity contribution is 7.91. The van der Waals surface area contributed by atoms with E-state index in [0.717, 1.165) is 12.1 Å². The van der Waals surface area contributed by atoms with Gasteiger partial charge in [0.2, 0.25) is 0 Å². The van der Waals surface area contributed by atoms with Crippen LogP contribution in [0.5, 0.6) is 0 Å². The van der Waals surface area contributed by atoms with Gasteiger partial charge in [0.15, 0.2) is 9.84 Å². The van der Waals surface area contributed by atoms with Crippen molar-refractivity contribution in [3.63, 3.8) is 0 Å². The molecule has 1 fully saturated rings. The number of hydrogen-bond donors (Lipinski definition) is 0. The molecule has 0 spiro atoms. The quantitative estimate of drug-likeness (QED) is 0.550. The SMILES string of the molecule is CC(C)(C)OC(=O)N1CC(F)(F)[C@H](S(C)(=O)=O)[C@@H]1Cc1cccc(-c2cc(F)cc(F)c2)c1F. The van der Waals surface area contributed by atoms with Crippen molar-refractivity contribution in [2.45, 2.75) is 50.0 Å². The van der Waals surface area contributed by atoms with E-state index in [0.29, 0.717) is 17.2 Å². The van der Waals surface area contributed by atoms with Gasteiger partial charge in [-0.25, -0.2) is 35.2 Å². The third kappa shape index (κ3) is 5.51. The van der Waals surface area contributed by atoms with Crippen molar-refractivity contribution in [2.24, 2.45) is 0 Å². The van der Waals surface area contributed by atoms with Crippen molar-refractivity contribution in [1.29, 1.82) is 0 Å². The third-order valence-electron chi connectivity index (χ3n) is 5.32. The van der Waals surface area contributed by atoms with E-state index in [-0.39, 0.29) is 16.7 Å². The smallest absolute Gasteiger partial charge is 0.410 e. The molecule has 186 valence electrons. The molecule has 0 bridgehead atoms. The lowest BCUT2D eigenvalue weighted by Crippen LogP contribution is -2.47. The van der Waals surface area contributed by atoms with E-state index in [4.69, 9.17) is 4.74 Å². The molecule has 2 aromatic carbocycles. The summed E-state index contributed by atoms with van der Waals surface area (Å²) in [5, 5.41) is -2.30. The Labute approximate surface area is 194 Å². The first-order valence-electron chi connectivity index (χ1n) is 10.3. The zero-order valence-electron chi connectivity index (χ0n) is 18.9. The molecular weight excluding hydrogens is 481 g/mol. The van der Waals surface area contributed by atoms with Crippen LogP contribution in [-0.4, -0.2) is 55.0 Å². The molecule has 0 aliphatic carbocycles. The van der Waals surface area contributed by atoms with E-state index in [9.17, 15) is 30.8 Å². The summed E-state index contributed by atoms with van der Waals surface area (Å²) >= 11 is 0. The lowest BCUT2D eigenvalue weighted by atomic mass is 9.97. The summed E-state index contributed by atoms with van der Waals surface area (Å²) in [6.45, 7) is 3.33. The number of ether oxygens (including phenoxy) is 1. The zero-order chi connectivity index (χ0) is 25.6. The van der Waals surface area contributed by atoms with Gasteiger partial charge in [0.05, 0.1) is 12.6 Å². The molecule has 34 heavy (non-hydrogen) atoms. The van der Waals surface area contributed by atoms with Crippen molar-refractivity contribution in [3.05, 3.63) is 59.4 Å². The summed E-state index contributed by atoms with van der Waals surface area (Å²) in [6, 6.07) is 4.60. The van der Waals surface area contributed by atoms with Crippen LogP contribution in [0.15, 0.2) is 36.4 Å². The molecule has 11 heteroatoms. The van der Waals surface area contributed by atoms with E-state index in [2.05, 4.69) is 0 Å². The van der Waals surface area contributed by atoms with Gasteiger partial charge in [0, 0.05) is 17.9 Å². The minimum Gasteiger partial charge on any atom is -0.444 e. The molecule has 5 nitrogen and oxygen atoms in total. The van der Waals surface area contributed by atoms with E-state index in [1.54, 1.807) is 0 Å². The summed E-state index contributed by atoms with van der Waals surface area (Å²) < 4.78 is 102. The van der Waals surface area contributed by atoms with E-state index < -0.39 is 69.2 Å². The molecule has 3 rings (SSSR count). The zero-order valence-corrected chi connectivity index (χ0v) is 19.7. The minimum absolute atomic E-state index is 0.128. The molecule has 0 saturated carbocycles. The number of likely N-dealkylation sites (tertiary alicyclic amines) is 1. The first-order valence-corrected chi connectivity index (χ1v) is 12.3. The minimum atomic E-state index is -4.40. The van der Waals surface area contributed by atoms with Crippen LogP contribution < -0.4 is 0 Å². The standard InChI is InChI=1S/C23H24F5NO4S/c1-22(2,3)33-21(30)29-12-23(27,28)20(34(4,31)32)18(29)10-13-6-5-7-17(19(13)26)14-8-15(24)11-16(25)9-14/h5-9,11,18,20H,10,12H2,1-4H3/t18-,20+/m0/s1. The predicted molar refractivity (Wildman–Crippen MR) is 116 cm³/mol. The summed E-state index contributed by atoms with van der Waals surface area (Å²) in [7, 11) is -4.40. The van der Waals surface area contributed by atoms with Gasteiger partial charge in [-0.3, -0.25) is 4.90 Å². The number of amides is 1. The molecule has 2 atom stereocenters. The van der Waals surface area contributed by atoms with E-state index >= 15 is 4.39 Å². The third-order valence-corrected chi connectivity index (χ3v) is 6.90. The Hall–Kier alpha value is -2.69. The predicted octanol–water partition coefficient (Wildman–Crippen LogP) is 4.98. The lowest BCUT2D eigenvalue weighted by Gasteiger charge is -2.29. The molecule has 2 aromatic rings. The van der Waals surface area contributed by atoms with Crippen LogP contribution >= 0.6 is 0 Å². The average Bonchev–Trinajstić information content (AvgIpc) is 2.91. The molecule has 0 unspecified atom stereocenters. The van der Waals surface area contributed by atoms with Crippen LogP contribution in [0, 0.1) is 17.5 Å². The fourth-order valence-electron chi connectivity index (χ4n) is 4.11. The Kier molecular flexibility index (Phi) is 6.73. The maximum Gasteiger partial charge on any atom is 0.410 e. The first kappa shape index (κ1) is 25.9. The van der Waals surface area contributed by atoms with Crippen molar-refractivity contribution in [3.8, 4) is 11.1 Å². The van der Waals surface area contributed by atoms with Crippen LogP contribution in [0.3, 0.4) is 0 Å². The number of rotatable bonds is 4. The first-order chi connectivity index (χ1) is 15.5. The molecule has 1 amide bonds. The Morgan fingerprint density at radius 2 is 1.71 bits per heavy atom. The molecule has 1 aliphatic heterocycles. The number of nitrogens with zero attached hydrogens (tertiary/aromatic N) is 1. The summed E-state index contributed by atoms with van der Waals surface area (Å²) in [5.74, 6) is -6.67. The van der Waals surface area contributed by atoms with Crippen LogP contribution in [0.25, 0.3) is 11.1 Å². The highest BCUT2D eigenvalue weighted by Gasteiger charge is 2.61. The molecular formula is C23H24F5NO4S. The fourth-order valence-corrected chi connectivity index (χ4v) is 5.63. The molecule has 1 heterocycles. The van der Waals surface area contributed by atoms with E-state index in [1.807, 2.05) is 0 Å². The van der Waals surface area contributed by atoms with Gasteiger partial charge in [-0.15, -0.1) is 0 Å². The Morgan fingerprint density at radius 3 is 2.24 bits per heavy atom. The van der Waals surface area contributed by atoms with Gasteiger partial charge in [-0.05, 0) is 50.5 Å². The summed E-state index contributed by atoms with van der Waals surface area (Å²) in [4.78, 5) is 13.3. The van der Waals surface area contributed by atoms with Gasteiger partial charge in [-0.2, -0.15) is 0 Å². The fraction of sp³-hybridized carbons (Fsp3) is 0.435. The second-order valence-corrected chi connectivity index (χ2v) is 11.5. The van der Waals surface area contributed by atoms with Crippen LogP contribution in [0.4, 0.5) is 26.7 Å². The normalized spacial score (nSPS) is 20.4. The van der Waals surface area contributed by atoms with Crippen LogP contribution in [0.1, 0.15) is 26.3 Å². The second kappa shape index (κ2) is 8.83. The number of benzene rings is 2. The maximum absolute atomic E-state index is 15.4. The highest BCUT2D eigenvalue weighted by atomic mass is 32.2. The number of carbonyl (C=O) groups is 1. The maximum atomic E-state index is 15.4. The van der Waals surface area contributed by atoms with Gasteiger partial charge in [0.25, 0.3) is 5.92 Å². The highest BCUT2D eigenvalue weighted by Crippen LogP contribution is 2.40. The van der Waals surface area contributed by atoms with Gasteiger partial charge >= 0.3 is 6.09 Å². The van der Waals surface area contributed by atoms with Crippen LogP contribution in [0.2, 0.25) is 0 Å². The van der Waals surface area contributed by atoms with Crippen LogP contribution in [-0.2, 0) is 21.0 Å². The van der Waals surface area contributed by atoms with Gasteiger partial charge < -0.3 is 4.74 Å². The Balaban J connectivity index is 2.07. The van der Waals surface area contributed by atoms with Gasteiger partial charge in [0.1, 0.15) is 28.3 Å². The van der Waals surface area contributed by atoms with Crippen molar-refractivity contribution >= 4 is 15.9 Å². The van der Waals surface area contributed by atoms with Gasteiger partial charge in [-0.1, -0.05) is 18.2 Å². The molecule has 1 saturated heterocycles. The number of sulfone groups is 1. The topological polar surface area (TPSA) is 63.7 Å². The van der Waals surface area contributed by atoms with Crippen molar-refractivity contribution in [1.82, 2.24) is 4.90 Å². The van der Waals surface area contributed by atoms with Crippen molar-refractivity contribution in [2.75, 3.05) is 12.8 Å². The Morgan fingerprint density at radius 1 is 1.12 bits per heavy atom. The average molecular weight is 506 g/mol. The van der Waals surface area contributed by atoms with Crippen molar-refractivity contribution < 1.29 is 39.9 Å². The molecule has 1 aliphatic rings. The monoisotopic (exact) mass is 505 g/mol. The summed E-state index contributed by atoms with van der Waals surface area (Å²) in [6.07, 6.45) is -1.13. The summed E-state index contributed by atoms with van der Waals surface area (Å²) in [5.41, 5.74) is -1.59. The lowest BCUT2D eigenvalue weighted by molar-refractivity contribution is -0.00125. The Bertz CT molecular complexity index is 1190. The number of halogens is 5. The number of alkyl halides is 2. The van der Waals surface area contributed by atoms with E-state index in [1.165, 1.54) is 39.0 Å². The number of hydrogen-bond acceptors (Lipinski definition) is 4.